The average molecular weight is 967 g/mol. The quantitative estimate of drug-likeness (QED) is 0.184. The Balaban J connectivity index is 0.000000213. The number of fused-ring (bicyclic) bond motifs is 4. The first kappa shape index (κ1) is 49.7. The van der Waals surface area contributed by atoms with Crippen LogP contribution in [0.4, 0.5) is 0 Å². The van der Waals surface area contributed by atoms with Crippen molar-refractivity contribution in [2.75, 3.05) is 0 Å². The monoisotopic (exact) mass is 964 g/mol. The van der Waals surface area contributed by atoms with Crippen LogP contribution < -0.4 is 20.4 Å². The fourth-order valence-electron chi connectivity index (χ4n) is 5.16. The van der Waals surface area contributed by atoms with E-state index in [9.17, 15) is 60.0 Å². The van der Waals surface area contributed by atoms with Crippen molar-refractivity contribution >= 4 is 78.8 Å². The maximum atomic E-state index is 10.5. The number of carboxylic acids is 4. The molecule has 0 spiro atoms. The van der Waals surface area contributed by atoms with E-state index in [4.69, 9.17) is 0 Å². The van der Waals surface area contributed by atoms with Gasteiger partial charge in [0.2, 0.25) is 0 Å². The molecular formula is C43H27CuN5O12SZn. The van der Waals surface area contributed by atoms with Crippen molar-refractivity contribution in [1.29, 1.82) is 0 Å². The minimum Gasteiger partial charge on any atom is -0.543 e. The van der Waals surface area contributed by atoms with Gasteiger partial charge in [-0.1, -0.05) is 72.8 Å². The topological polar surface area (TPSA) is 306 Å². The molecule has 9 aromatic rings. The number of para-hydroxylation sites is 4. The molecular weight excluding hydrogens is 939 g/mol. The second-order valence-electron chi connectivity index (χ2n) is 12.0. The van der Waals surface area contributed by atoms with Gasteiger partial charge in [-0.3, -0.25) is 4.98 Å². The molecule has 4 aromatic carbocycles. The summed E-state index contributed by atoms with van der Waals surface area (Å²) in [5.41, 5.74) is 2.16. The second kappa shape index (κ2) is 23.4. The summed E-state index contributed by atoms with van der Waals surface area (Å²) < 4.78 is 0. The summed E-state index contributed by atoms with van der Waals surface area (Å²) in [4.78, 5) is 60.8. The molecule has 20 heteroatoms. The third-order valence-electron chi connectivity index (χ3n) is 7.98. The van der Waals surface area contributed by atoms with E-state index in [1.165, 1.54) is 48.5 Å². The van der Waals surface area contributed by atoms with Gasteiger partial charge in [0.25, 0.3) is 0 Å². The van der Waals surface area contributed by atoms with Crippen LogP contribution in [0.5, 0.6) is 23.0 Å². The average Bonchev–Trinajstić information content (AvgIpc) is 3.85. The molecule has 9 rings (SSSR count). The number of aromatic hydroxyl groups is 4. The van der Waals surface area contributed by atoms with Crippen LogP contribution in [0.3, 0.4) is 0 Å². The maximum absolute atomic E-state index is 10.5. The number of benzene rings is 4. The number of pyridine rings is 4. The summed E-state index contributed by atoms with van der Waals surface area (Å²) in [6.07, 6.45) is 1.77. The molecule has 0 aliphatic rings. The Morgan fingerprint density at radius 3 is 0.841 bits per heavy atom. The van der Waals surface area contributed by atoms with Crippen molar-refractivity contribution in [1.82, 2.24) is 24.9 Å². The number of rotatable bonds is 4. The van der Waals surface area contributed by atoms with Gasteiger partial charge in [-0.2, -0.15) is 0 Å². The molecule has 0 bridgehead atoms. The maximum Gasteiger partial charge on any atom is 2.00 e. The van der Waals surface area contributed by atoms with Crippen LogP contribution in [0.25, 0.3) is 43.6 Å². The van der Waals surface area contributed by atoms with Crippen LogP contribution in [-0.2, 0) is 36.5 Å². The zero-order chi connectivity index (χ0) is 44.1. The van der Waals surface area contributed by atoms with Gasteiger partial charge >= 0.3 is 36.5 Å². The molecule has 1 radical (unpaired) electrons. The van der Waals surface area contributed by atoms with E-state index in [1.54, 1.807) is 95.8 Å². The van der Waals surface area contributed by atoms with Gasteiger partial charge < -0.3 is 60.0 Å². The second-order valence-corrected chi connectivity index (χ2v) is 12.8. The Hall–Kier alpha value is -7.63. The number of carbonyl (C=O) groups excluding carboxylic acids is 4. The SMILES string of the molecule is O=C([O-])c1ccc2cccc(O)c2n1.O=C([O-])c1ccc2cccc(O)c2n1.O=C([O-])c1ccc2cccc(O)c2n1.O=C([O-])c1ccc2cccc(O)c2n1.[Cu+2].[Zn+2].c1cscn1. The molecule has 0 saturated carbocycles. The minimum atomic E-state index is -1.35. The van der Waals surface area contributed by atoms with Crippen molar-refractivity contribution in [3.05, 3.63) is 161 Å². The third kappa shape index (κ3) is 13.4. The smallest absolute Gasteiger partial charge is 0.543 e. The number of thiazole rings is 1. The molecule has 0 fully saturated rings. The molecule has 0 aliphatic carbocycles. The Labute approximate surface area is 382 Å². The zero-order valence-corrected chi connectivity index (χ0v) is 36.7. The van der Waals surface area contributed by atoms with Crippen molar-refractivity contribution in [3.8, 4) is 23.0 Å². The number of aromatic nitrogens is 5. The molecule has 5 heterocycles. The predicted molar refractivity (Wildman–Crippen MR) is 213 cm³/mol. The molecule has 17 nitrogen and oxygen atoms in total. The molecule has 0 saturated heterocycles. The van der Waals surface area contributed by atoms with Gasteiger partial charge in [0.05, 0.1) is 52.2 Å². The van der Waals surface area contributed by atoms with Crippen molar-refractivity contribution in [3.63, 3.8) is 0 Å². The molecule has 63 heavy (non-hydrogen) atoms. The summed E-state index contributed by atoms with van der Waals surface area (Å²) >= 11 is 1.60. The largest absolute Gasteiger partial charge is 2.00 e. The van der Waals surface area contributed by atoms with E-state index >= 15 is 0 Å². The first-order valence-electron chi connectivity index (χ1n) is 17.3. The number of carboxylic acid groups (broad SMARTS) is 4. The van der Waals surface area contributed by atoms with Gasteiger partial charge in [0.1, 0.15) is 45.1 Å². The van der Waals surface area contributed by atoms with Crippen LogP contribution in [0.1, 0.15) is 42.0 Å². The van der Waals surface area contributed by atoms with Gasteiger partial charge in [-0.25, -0.2) is 19.9 Å². The molecule has 315 valence electrons. The Morgan fingerprint density at radius 2 is 0.667 bits per heavy atom. The van der Waals surface area contributed by atoms with Crippen LogP contribution in [-0.4, -0.2) is 69.2 Å². The molecule has 0 amide bonds. The molecule has 0 aliphatic heterocycles. The normalized spacial score (nSPS) is 9.78. The first-order valence-corrected chi connectivity index (χ1v) is 18.2. The van der Waals surface area contributed by atoms with Gasteiger partial charge in [-0.15, -0.1) is 11.3 Å². The van der Waals surface area contributed by atoms with Crippen molar-refractivity contribution in [2.45, 2.75) is 0 Å². The van der Waals surface area contributed by atoms with Gasteiger partial charge in [0, 0.05) is 33.1 Å². The Kier molecular flexibility index (Phi) is 18.5. The summed E-state index contributed by atoms with van der Waals surface area (Å²) in [5, 5.41) is 84.3. The predicted octanol–water partition coefficient (Wildman–Crippen LogP) is 2.35. The van der Waals surface area contributed by atoms with E-state index in [1.807, 2.05) is 5.38 Å². The van der Waals surface area contributed by atoms with E-state index in [-0.39, 0.29) is 104 Å². The third-order valence-corrected chi connectivity index (χ3v) is 8.50. The number of phenols is 4. The van der Waals surface area contributed by atoms with E-state index in [0.717, 1.165) is 0 Å². The number of phenolic OH excluding ortho intramolecular Hbond substituents is 4. The van der Waals surface area contributed by atoms with E-state index in [2.05, 4.69) is 24.9 Å². The van der Waals surface area contributed by atoms with Crippen molar-refractivity contribution < 1.29 is 96.6 Å². The van der Waals surface area contributed by atoms with E-state index in [0.29, 0.717) is 21.5 Å². The summed E-state index contributed by atoms with van der Waals surface area (Å²) in [7, 11) is 0. The first-order chi connectivity index (χ1) is 29.2. The summed E-state index contributed by atoms with van der Waals surface area (Å²) in [5.74, 6) is -5.55. The number of aromatic carboxylic acids is 4. The van der Waals surface area contributed by atoms with E-state index < -0.39 is 23.9 Å². The van der Waals surface area contributed by atoms with Crippen molar-refractivity contribution in [2.24, 2.45) is 0 Å². The summed E-state index contributed by atoms with van der Waals surface area (Å²) in [6, 6.07) is 31.1. The van der Waals surface area contributed by atoms with Crippen LogP contribution in [0, 0.1) is 0 Å². The number of hydrogen-bond donors (Lipinski definition) is 4. The molecule has 0 atom stereocenters. The Bertz CT molecular complexity index is 2640. The van der Waals surface area contributed by atoms with Crippen LogP contribution in [0.2, 0.25) is 0 Å². The van der Waals surface area contributed by atoms with Crippen LogP contribution >= 0.6 is 11.3 Å². The fourth-order valence-corrected chi connectivity index (χ4v) is 5.51. The van der Waals surface area contributed by atoms with Gasteiger partial charge in [0.15, 0.2) is 0 Å². The summed E-state index contributed by atoms with van der Waals surface area (Å²) in [6.45, 7) is 0. The molecule has 4 N–H and O–H groups in total. The molecule has 0 unspecified atom stereocenters. The Morgan fingerprint density at radius 1 is 0.413 bits per heavy atom. The zero-order valence-electron chi connectivity index (χ0n) is 32.0. The van der Waals surface area contributed by atoms with Gasteiger partial charge in [-0.05, 0) is 48.5 Å². The fraction of sp³-hybridized carbons (Fsp3) is 0. The molecule has 5 aromatic heterocycles. The number of nitrogens with zero attached hydrogens (tertiary/aromatic N) is 5. The number of hydrogen-bond acceptors (Lipinski definition) is 18. The number of carbonyl (C=O) groups is 4. The standard InChI is InChI=1S/4C10H7NO3.C3H3NS.Cu.Zn/c4*12-8-3-1-2-6-4-5-7(10(13)14)11-9(6)8;1-2-5-3-4-1;;/h4*1-5,12H,(H,13,14);1-3H;;/q;;;;;2*+2/p-4. The minimum absolute atomic E-state index is 0. The van der Waals surface area contributed by atoms with Crippen LogP contribution in [0.15, 0.2) is 138 Å².